The third-order valence-corrected chi connectivity index (χ3v) is 2.08. The molecule has 3 nitrogen and oxygen atoms in total. The molecule has 0 amide bonds. The molecular weight excluding hydrogens is 138 g/mol. The van der Waals surface area contributed by atoms with E-state index in [9.17, 15) is 4.79 Å². The first-order chi connectivity index (χ1) is 4.20. The molecule has 0 spiro atoms. The lowest BCUT2D eigenvalue weighted by Gasteiger charge is -1.93. The minimum atomic E-state index is -0.820. The maximum atomic E-state index is 10.2. The first-order valence-corrected chi connectivity index (χ1v) is 3.58. The molecule has 50 valence electrons. The lowest BCUT2D eigenvalue weighted by molar-refractivity contribution is -0.137. The van der Waals surface area contributed by atoms with E-state index < -0.39 is 12.0 Å². The van der Waals surface area contributed by atoms with Crippen LogP contribution in [0, 0.1) is 0 Å². The van der Waals surface area contributed by atoms with Crippen LogP contribution in [-0.2, 0) is 4.79 Å². The van der Waals surface area contributed by atoms with Gasteiger partial charge in [0.25, 0.3) is 0 Å². The lowest BCUT2D eigenvalue weighted by atomic mass is 10.4. The molecule has 1 N–H and O–H groups in total. The lowest BCUT2D eigenvalue weighted by Crippen LogP contribution is -2.16. The topological polar surface area (TPSA) is 49.7 Å². The summed E-state index contributed by atoms with van der Waals surface area (Å²) in [6, 6.07) is -0.491. The van der Waals surface area contributed by atoms with Gasteiger partial charge in [-0.3, -0.25) is 4.99 Å². The van der Waals surface area contributed by atoms with E-state index in [0.717, 1.165) is 5.04 Å². The van der Waals surface area contributed by atoms with Crippen molar-refractivity contribution in [2.75, 3.05) is 5.75 Å². The molecule has 0 aromatic carbocycles. The van der Waals surface area contributed by atoms with Crippen LogP contribution in [-0.4, -0.2) is 27.9 Å². The second-order valence-corrected chi connectivity index (χ2v) is 3.03. The van der Waals surface area contributed by atoms with Gasteiger partial charge in [-0.1, -0.05) is 0 Å². The molecule has 0 fully saturated rings. The summed E-state index contributed by atoms with van der Waals surface area (Å²) in [6.07, 6.45) is 0. The number of thioether (sulfide) groups is 1. The van der Waals surface area contributed by atoms with Crippen LogP contribution in [0.1, 0.15) is 6.92 Å². The Morgan fingerprint density at radius 1 is 2.00 bits per heavy atom. The fourth-order valence-electron chi connectivity index (χ4n) is 0.620. The monoisotopic (exact) mass is 145 g/mol. The number of nitrogens with zero attached hydrogens (tertiary/aromatic N) is 1. The standard InChI is InChI=1S/C5H7NO2S/c1-3-6-4(2-9-3)5(7)8/h4H,2H2,1H3,(H,7,8)/t4-/m0/s1. The Kier molecular flexibility index (Phi) is 1.75. The zero-order chi connectivity index (χ0) is 6.85. The molecule has 0 aromatic rings. The van der Waals surface area contributed by atoms with Crippen molar-refractivity contribution in [3.63, 3.8) is 0 Å². The maximum Gasteiger partial charge on any atom is 0.329 e. The summed E-state index contributed by atoms with van der Waals surface area (Å²) in [5.41, 5.74) is 0. The number of carbonyl (C=O) groups is 1. The summed E-state index contributed by atoms with van der Waals surface area (Å²) in [4.78, 5) is 14.1. The van der Waals surface area contributed by atoms with E-state index in [2.05, 4.69) is 4.99 Å². The van der Waals surface area contributed by atoms with Crippen molar-refractivity contribution in [2.24, 2.45) is 4.99 Å². The molecule has 0 radical (unpaired) electrons. The largest absolute Gasteiger partial charge is 0.480 e. The number of aliphatic imine (C=N–C) groups is 1. The smallest absolute Gasteiger partial charge is 0.329 e. The fourth-order valence-corrected chi connectivity index (χ4v) is 1.44. The number of hydrogen-bond donors (Lipinski definition) is 1. The summed E-state index contributed by atoms with van der Waals surface area (Å²) in [5.74, 6) is -0.222. The highest BCUT2D eigenvalue weighted by Crippen LogP contribution is 2.16. The van der Waals surface area contributed by atoms with Gasteiger partial charge in [-0.25, -0.2) is 4.79 Å². The quantitative estimate of drug-likeness (QED) is 0.588. The second kappa shape index (κ2) is 2.39. The molecule has 0 saturated heterocycles. The van der Waals surface area contributed by atoms with Crippen molar-refractivity contribution >= 4 is 22.8 Å². The first kappa shape index (κ1) is 6.61. The molecule has 0 bridgehead atoms. The van der Waals surface area contributed by atoms with Gasteiger partial charge in [0.2, 0.25) is 0 Å². The molecule has 0 saturated carbocycles. The van der Waals surface area contributed by atoms with Crippen LogP contribution in [0.4, 0.5) is 0 Å². The van der Waals surface area contributed by atoms with Crippen molar-refractivity contribution in [1.29, 1.82) is 0 Å². The second-order valence-electron chi connectivity index (χ2n) is 1.81. The zero-order valence-electron chi connectivity index (χ0n) is 5.00. The van der Waals surface area contributed by atoms with Gasteiger partial charge in [0, 0.05) is 5.75 Å². The van der Waals surface area contributed by atoms with Crippen LogP contribution in [0.2, 0.25) is 0 Å². The summed E-state index contributed by atoms with van der Waals surface area (Å²) in [7, 11) is 0. The predicted molar refractivity (Wildman–Crippen MR) is 37.0 cm³/mol. The third-order valence-electron chi connectivity index (χ3n) is 1.07. The molecule has 1 rings (SSSR count). The Labute approximate surface area is 57.2 Å². The zero-order valence-corrected chi connectivity index (χ0v) is 5.81. The molecule has 4 heteroatoms. The van der Waals surface area contributed by atoms with Gasteiger partial charge in [-0.2, -0.15) is 0 Å². The van der Waals surface area contributed by atoms with Crippen LogP contribution < -0.4 is 0 Å². The molecular formula is C5H7NO2S. The molecule has 0 unspecified atom stereocenters. The Bertz CT molecular complexity index is 166. The van der Waals surface area contributed by atoms with Gasteiger partial charge >= 0.3 is 5.97 Å². The molecule has 9 heavy (non-hydrogen) atoms. The van der Waals surface area contributed by atoms with E-state index in [4.69, 9.17) is 5.11 Å². The SMILES string of the molecule is CC1=N[C@H](C(=O)O)CS1. The van der Waals surface area contributed by atoms with Gasteiger partial charge < -0.3 is 5.11 Å². The van der Waals surface area contributed by atoms with Crippen molar-refractivity contribution in [3.05, 3.63) is 0 Å². The van der Waals surface area contributed by atoms with Gasteiger partial charge in [-0.15, -0.1) is 11.8 Å². The summed E-state index contributed by atoms with van der Waals surface area (Å²) in [6.45, 7) is 1.83. The number of aliphatic carboxylic acids is 1. The van der Waals surface area contributed by atoms with Crippen LogP contribution in [0.25, 0.3) is 0 Å². The molecule has 1 heterocycles. The van der Waals surface area contributed by atoms with Crippen LogP contribution in [0.5, 0.6) is 0 Å². The van der Waals surface area contributed by atoms with E-state index in [1.54, 1.807) is 0 Å². The molecule has 1 atom stereocenters. The summed E-state index contributed by atoms with van der Waals surface area (Å²) < 4.78 is 0. The minimum Gasteiger partial charge on any atom is -0.480 e. The maximum absolute atomic E-state index is 10.2. The highest BCUT2D eigenvalue weighted by atomic mass is 32.2. The van der Waals surface area contributed by atoms with E-state index in [0.29, 0.717) is 5.75 Å². The van der Waals surface area contributed by atoms with E-state index in [1.807, 2.05) is 6.92 Å². The first-order valence-electron chi connectivity index (χ1n) is 2.60. The molecule has 0 aliphatic carbocycles. The molecule has 1 aliphatic rings. The number of hydrogen-bond acceptors (Lipinski definition) is 3. The van der Waals surface area contributed by atoms with E-state index in [1.165, 1.54) is 11.8 Å². The molecule has 1 aliphatic heterocycles. The molecule has 0 aromatic heterocycles. The summed E-state index contributed by atoms with van der Waals surface area (Å²) in [5, 5.41) is 9.29. The van der Waals surface area contributed by atoms with Crippen molar-refractivity contribution in [1.82, 2.24) is 0 Å². The van der Waals surface area contributed by atoms with Gasteiger partial charge in [0.15, 0.2) is 6.04 Å². The fraction of sp³-hybridized carbons (Fsp3) is 0.600. The minimum absolute atomic E-state index is 0.491. The average Bonchev–Trinajstić information content (AvgIpc) is 2.14. The summed E-state index contributed by atoms with van der Waals surface area (Å²) >= 11 is 1.50. The third kappa shape index (κ3) is 1.45. The number of rotatable bonds is 1. The highest BCUT2D eigenvalue weighted by Gasteiger charge is 2.21. The average molecular weight is 145 g/mol. The number of carboxylic acids is 1. The Morgan fingerprint density at radius 2 is 2.67 bits per heavy atom. The number of carboxylic acid groups (broad SMARTS) is 1. The van der Waals surface area contributed by atoms with Gasteiger partial charge in [-0.05, 0) is 6.92 Å². The van der Waals surface area contributed by atoms with E-state index in [-0.39, 0.29) is 0 Å². The van der Waals surface area contributed by atoms with Crippen LogP contribution in [0.3, 0.4) is 0 Å². The normalized spacial score (nSPS) is 25.9. The van der Waals surface area contributed by atoms with Gasteiger partial charge in [0.1, 0.15) is 0 Å². The van der Waals surface area contributed by atoms with E-state index >= 15 is 0 Å². The Balaban J connectivity index is 2.57. The predicted octanol–water partition coefficient (Wildman–Crippen LogP) is 0.605. The van der Waals surface area contributed by atoms with Gasteiger partial charge in [0.05, 0.1) is 5.04 Å². The Hall–Kier alpha value is -0.510. The van der Waals surface area contributed by atoms with Crippen molar-refractivity contribution in [3.8, 4) is 0 Å². The van der Waals surface area contributed by atoms with Crippen LogP contribution >= 0.6 is 11.8 Å². The van der Waals surface area contributed by atoms with Crippen molar-refractivity contribution in [2.45, 2.75) is 13.0 Å². The van der Waals surface area contributed by atoms with Crippen LogP contribution in [0.15, 0.2) is 4.99 Å². The van der Waals surface area contributed by atoms with Crippen molar-refractivity contribution < 1.29 is 9.90 Å². The Morgan fingerprint density at radius 3 is 2.89 bits per heavy atom. The highest BCUT2D eigenvalue weighted by molar-refractivity contribution is 8.14.